The van der Waals surface area contributed by atoms with E-state index in [1.807, 2.05) is 19.1 Å². The lowest BCUT2D eigenvalue weighted by Crippen LogP contribution is -2.43. The molecular formula is C23H26N4O5S. The number of hydrogen-bond donors (Lipinski definition) is 1. The average molecular weight is 471 g/mol. The van der Waals surface area contributed by atoms with Crippen molar-refractivity contribution in [3.05, 3.63) is 68.7 Å². The van der Waals surface area contributed by atoms with Gasteiger partial charge in [-0.05, 0) is 55.2 Å². The molecule has 1 amide bonds. The van der Waals surface area contributed by atoms with Crippen molar-refractivity contribution in [3.8, 4) is 0 Å². The zero-order valence-electron chi connectivity index (χ0n) is 18.7. The number of aryl methyl sites for hydroxylation is 3. The molecule has 10 heteroatoms. The number of fused-ring (bicyclic) bond motifs is 1. The molecule has 1 saturated heterocycles. The highest BCUT2D eigenvalue weighted by molar-refractivity contribution is 7.89. The third kappa shape index (κ3) is 4.00. The Labute approximate surface area is 191 Å². The fourth-order valence-corrected chi connectivity index (χ4v) is 5.87. The van der Waals surface area contributed by atoms with Crippen LogP contribution in [0.15, 0.2) is 56.9 Å². The van der Waals surface area contributed by atoms with E-state index in [9.17, 15) is 22.8 Å². The van der Waals surface area contributed by atoms with E-state index in [1.54, 1.807) is 12.1 Å². The van der Waals surface area contributed by atoms with Gasteiger partial charge in [-0.1, -0.05) is 19.1 Å². The minimum Gasteiger partial charge on any atom is -0.325 e. The predicted octanol–water partition coefficient (Wildman–Crippen LogP) is 1.59. The first-order chi connectivity index (χ1) is 15.6. The van der Waals surface area contributed by atoms with Gasteiger partial charge in [0, 0.05) is 26.3 Å². The van der Waals surface area contributed by atoms with Crippen LogP contribution in [-0.4, -0.2) is 40.4 Å². The molecule has 0 aliphatic carbocycles. The van der Waals surface area contributed by atoms with Crippen LogP contribution < -0.4 is 16.4 Å². The summed E-state index contributed by atoms with van der Waals surface area (Å²) in [6.07, 6.45) is 1.86. The summed E-state index contributed by atoms with van der Waals surface area (Å²) in [5.41, 5.74) is 1.08. The highest BCUT2D eigenvalue weighted by atomic mass is 32.2. The summed E-state index contributed by atoms with van der Waals surface area (Å²) in [7, 11) is -1.11. The Morgan fingerprint density at radius 1 is 1.00 bits per heavy atom. The Bertz CT molecular complexity index is 1460. The first-order valence-corrected chi connectivity index (χ1v) is 12.2. The van der Waals surface area contributed by atoms with Crippen molar-refractivity contribution >= 4 is 32.7 Å². The van der Waals surface area contributed by atoms with Gasteiger partial charge < -0.3 is 14.5 Å². The molecule has 1 atom stereocenters. The van der Waals surface area contributed by atoms with Crippen LogP contribution >= 0.6 is 0 Å². The van der Waals surface area contributed by atoms with Crippen LogP contribution in [0.25, 0.3) is 11.0 Å². The van der Waals surface area contributed by atoms with Crippen molar-refractivity contribution in [1.82, 2.24) is 13.4 Å². The van der Waals surface area contributed by atoms with Crippen LogP contribution in [0.5, 0.6) is 0 Å². The van der Waals surface area contributed by atoms with Crippen molar-refractivity contribution in [2.75, 3.05) is 11.9 Å². The third-order valence-electron chi connectivity index (χ3n) is 6.20. The number of benzene rings is 2. The molecule has 1 N–H and O–H groups in total. The van der Waals surface area contributed by atoms with Crippen LogP contribution in [0.2, 0.25) is 0 Å². The lowest BCUT2D eigenvalue weighted by atomic mass is 10.1. The monoisotopic (exact) mass is 470 g/mol. The third-order valence-corrected chi connectivity index (χ3v) is 8.11. The van der Waals surface area contributed by atoms with E-state index in [2.05, 4.69) is 5.32 Å². The molecule has 3 aromatic rings. The highest BCUT2D eigenvalue weighted by Gasteiger charge is 2.39. The summed E-state index contributed by atoms with van der Waals surface area (Å²) in [5, 5.41) is 2.82. The van der Waals surface area contributed by atoms with E-state index < -0.39 is 27.2 Å². The summed E-state index contributed by atoms with van der Waals surface area (Å²) in [6, 6.07) is 10.9. The molecule has 0 saturated carbocycles. The van der Waals surface area contributed by atoms with Gasteiger partial charge in [0.1, 0.15) is 6.04 Å². The van der Waals surface area contributed by atoms with E-state index >= 15 is 0 Å². The van der Waals surface area contributed by atoms with Crippen molar-refractivity contribution in [2.24, 2.45) is 14.1 Å². The smallest absolute Gasteiger partial charge is 0.316 e. The fourth-order valence-electron chi connectivity index (χ4n) is 4.20. The number of hydrogen-bond acceptors (Lipinski definition) is 5. The summed E-state index contributed by atoms with van der Waals surface area (Å²) >= 11 is 0. The van der Waals surface area contributed by atoms with Gasteiger partial charge in [-0.15, -0.1) is 0 Å². The molecule has 2 aromatic carbocycles. The minimum absolute atomic E-state index is 0.0318. The maximum atomic E-state index is 13.5. The molecule has 0 spiro atoms. The number of amides is 1. The molecule has 1 fully saturated rings. The number of nitrogens with zero attached hydrogens (tertiary/aromatic N) is 3. The number of nitrogens with one attached hydrogen (secondary N) is 1. The maximum Gasteiger partial charge on any atom is 0.316 e. The second-order valence-corrected chi connectivity index (χ2v) is 10.1. The van der Waals surface area contributed by atoms with Crippen LogP contribution in [0, 0.1) is 0 Å². The Kier molecular flexibility index (Phi) is 5.98. The van der Waals surface area contributed by atoms with Crippen molar-refractivity contribution in [2.45, 2.75) is 37.1 Å². The molecule has 1 aromatic heterocycles. The number of carbonyl (C=O) groups is 1. The largest absolute Gasteiger partial charge is 0.325 e. The number of sulfonamides is 1. The number of rotatable bonds is 5. The van der Waals surface area contributed by atoms with Gasteiger partial charge in [-0.25, -0.2) is 8.42 Å². The van der Waals surface area contributed by atoms with E-state index in [0.29, 0.717) is 29.6 Å². The summed E-state index contributed by atoms with van der Waals surface area (Å²) in [6.45, 7) is 2.26. The SMILES string of the molecule is CCc1ccc(NC(=O)[C@H]2CCCN2S(=O)(=O)c2ccc3c(c2)n(C)c(=O)c(=O)n3C)cc1. The minimum atomic E-state index is -4.01. The number of carbonyl (C=O) groups excluding carboxylic acids is 1. The van der Waals surface area contributed by atoms with Crippen molar-refractivity contribution in [1.29, 1.82) is 0 Å². The molecule has 0 bridgehead atoms. The average Bonchev–Trinajstić information content (AvgIpc) is 3.32. The van der Waals surface area contributed by atoms with Gasteiger partial charge in [-0.2, -0.15) is 4.31 Å². The van der Waals surface area contributed by atoms with Gasteiger partial charge in [0.2, 0.25) is 15.9 Å². The van der Waals surface area contributed by atoms with Gasteiger partial charge >= 0.3 is 11.1 Å². The van der Waals surface area contributed by atoms with Crippen LogP contribution in [0.1, 0.15) is 25.3 Å². The van der Waals surface area contributed by atoms with E-state index in [0.717, 1.165) is 16.6 Å². The van der Waals surface area contributed by atoms with E-state index in [-0.39, 0.29) is 17.3 Å². The van der Waals surface area contributed by atoms with Gasteiger partial charge in [0.05, 0.1) is 15.9 Å². The fraction of sp³-hybridized carbons (Fsp3) is 0.348. The first kappa shape index (κ1) is 22.9. The zero-order chi connectivity index (χ0) is 23.9. The maximum absolute atomic E-state index is 13.5. The van der Waals surface area contributed by atoms with E-state index in [1.165, 1.54) is 41.2 Å². The Morgan fingerprint density at radius 3 is 2.27 bits per heavy atom. The Balaban J connectivity index is 1.67. The highest BCUT2D eigenvalue weighted by Crippen LogP contribution is 2.28. The lowest BCUT2D eigenvalue weighted by Gasteiger charge is -2.24. The molecule has 0 unspecified atom stereocenters. The quantitative estimate of drug-likeness (QED) is 0.570. The van der Waals surface area contributed by atoms with Crippen molar-refractivity contribution in [3.63, 3.8) is 0 Å². The standard InChI is InChI=1S/C23H26N4O5S/c1-4-15-7-9-16(10-8-15)24-21(28)19-6-5-13-27(19)33(31,32)17-11-12-18-20(14-17)26(3)23(30)22(29)25(18)2/h7-12,14,19H,4-6,13H2,1-3H3,(H,24,28)/t19-/m1/s1. The van der Waals surface area contributed by atoms with Crippen molar-refractivity contribution < 1.29 is 13.2 Å². The molecule has 174 valence electrons. The van der Waals surface area contributed by atoms with E-state index in [4.69, 9.17) is 0 Å². The second kappa shape index (κ2) is 8.60. The summed E-state index contributed by atoms with van der Waals surface area (Å²) in [4.78, 5) is 37.2. The summed E-state index contributed by atoms with van der Waals surface area (Å²) in [5.74, 6) is -0.379. The van der Waals surface area contributed by atoms with Gasteiger partial charge in [0.25, 0.3) is 0 Å². The molecule has 0 radical (unpaired) electrons. The molecule has 1 aliphatic heterocycles. The topological polar surface area (TPSA) is 110 Å². The molecule has 9 nitrogen and oxygen atoms in total. The molecule has 2 heterocycles. The Morgan fingerprint density at radius 2 is 1.64 bits per heavy atom. The van der Waals surface area contributed by atoms with Gasteiger partial charge in [0.15, 0.2) is 0 Å². The van der Waals surface area contributed by atoms with Crippen LogP contribution in [-0.2, 0) is 35.3 Å². The molecule has 1 aliphatic rings. The summed E-state index contributed by atoms with van der Waals surface area (Å²) < 4.78 is 30.5. The number of aromatic nitrogens is 2. The first-order valence-electron chi connectivity index (χ1n) is 10.8. The predicted molar refractivity (Wildman–Crippen MR) is 126 cm³/mol. The zero-order valence-corrected chi connectivity index (χ0v) is 19.6. The number of anilines is 1. The normalized spacial score (nSPS) is 16.9. The lowest BCUT2D eigenvalue weighted by molar-refractivity contribution is -0.119. The second-order valence-electron chi connectivity index (χ2n) is 8.19. The Hall–Kier alpha value is -3.24. The molecule has 33 heavy (non-hydrogen) atoms. The molecular weight excluding hydrogens is 444 g/mol. The van der Waals surface area contributed by atoms with Crippen LogP contribution in [0.3, 0.4) is 0 Å². The van der Waals surface area contributed by atoms with Crippen LogP contribution in [0.4, 0.5) is 5.69 Å². The molecule has 4 rings (SSSR count). The van der Waals surface area contributed by atoms with Gasteiger partial charge in [-0.3, -0.25) is 14.4 Å².